The molecule has 2 aromatic rings. The fourth-order valence-electron chi connectivity index (χ4n) is 3.18. The Morgan fingerprint density at radius 3 is 3.08 bits per heavy atom. The third-order valence-corrected chi connectivity index (χ3v) is 4.40. The van der Waals surface area contributed by atoms with Crippen LogP contribution in [0.4, 0.5) is 11.4 Å². The molecule has 2 heterocycles. The Kier molecular flexibility index (Phi) is 3.91. The van der Waals surface area contributed by atoms with Crippen LogP contribution in [0.3, 0.4) is 0 Å². The molecule has 2 aliphatic rings. The lowest BCUT2D eigenvalue weighted by Gasteiger charge is -2.12. The highest BCUT2D eigenvalue weighted by Gasteiger charge is 2.17. The van der Waals surface area contributed by atoms with Gasteiger partial charge in [0, 0.05) is 30.3 Å². The smallest absolute Gasteiger partial charge is 0.226 e. The fourth-order valence-corrected chi connectivity index (χ4v) is 3.18. The van der Waals surface area contributed by atoms with Crippen molar-refractivity contribution >= 4 is 17.3 Å². The SMILES string of the molecule is O=C1CCNc2c(cccc2-c2cnn(CC3=CC=CCC3)c2)N1. The second kappa shape index (κ2) is 6.35. The Bertz CT molecular complexity index is 832. The van der Waals surface area contributed by atoms with Crippen LogP contribution < -0.4 is 10.6 Å². The quantitative estimate of drug-likeness (QED) is 0.909. The average Bonchev–Trinajstić information content (AvgIpc) is 2.96. The second-order valence-corrected chi connectivity index (χ2v) is 6.17. The number of aromatic nitrogens is 2. The minimum atomic E-state index is 0.0476. The number of benzene rings is 1. The number of hydrogen-bond acceptors (Lipinski definition) is 3. The van der Waals surface area contributed by atoms with Gasteiger partial charge in [-0.15, -0.1) is 0 Å². The first-order chi connectivity index (χ1) is 11.8. The molecule has 4 rings (SSSR count). The van der Waals surface area contributed by atoms with Gasteiger partial charge in [-0.05, 0) is 24.5 Å². The average molecular weight is 320 g/mol. The van der Waals surface area contributed by atoms with Crippen LogP contribution in [0.2, 0.25) is 0 Å². The molecule has 0 spiro atoms. The molecule has 5 heteroatoms. The van der Waals surface area contributed by atoms with E-state index in [4.69, 9.17) is 0 Å². The summed E-state index contributed by atoms with van der Waals surface area (Å²) in [5.41, 5.74) is 5.33. The van der Waals surface area contributed by atoms with Gasteiger partial charge in [0.2, 0.25) is 5.91 Å². The molecule has 0 atom stereocenters. The topological polar surface area (TPSA) is 59.0 Å². The molecule has 1 aliphatic heterocycles. The lowest BCUT2D eigenvalue weighted by molar-refractivity contribution is -0.115. The number of nitrogens with one attached hydrogen (secondary N) is 2. The molecule has 5 nitrogen and oxygen atoms in total. The van der Waals surface area contributed by atoms with E-state index in [-0.39, 0.29) is 5.91 Å². The predicted molar refractivity (Wildman–Crippen MR) is 95.9 cm³/mol. The van der Waals surface area contributed by atoms with Crippen LogP contribution in [0.25, 0.3) is 11.1 Å². The number of rotatable bonds is 3. The van der Waals surface area contributed by atoms with Gasteiger partial charge in [-0.2, -0.15) is 5.10 Å². The molecule has 1 amide bonds. The molecule has 122 valence electrons. The Morgan fingerprint density at radius 2 is 2.21 bits per heavy atom. The van der Waals surface area contributed by atoms with E-state index in [9.17, 15) is 4.79 Å². The molecular formula is C19H20N4O. The number of para-hydroxylation sites is 1. The molecule has 1 aromatic carbocycles. The fraction of sp³-hybridized carbons (Fsp3) is 0.263. The van der Waals surface area contributed by atoms with E-state index in [1.165, 1.54) is 5.57 Å². The molecule has 1 aliphatic carbocycles. The number of amides is 1. The Balaban J connectivity index is 1.63. The van der Waals surface area contributed by atoms with Gasteiger partial charge < -0.3 is 10.6 Å². The van der Waals surface area contributed by atoms with E-state index >= 15 is 0 Å². The number of hydrogen-bond donors (Lipinski definition) is 2. The van der Waals surface area contributed by atoms with E-state index in [0.29, 0.717) is 13.0 Å². The summed E-state index contributed by atoms with van der Waals surface area (Å²) in [5.74, 6) is 0.0476. The second-order valence-electron chi connectivity index (χ2n) is 6.17. The van der Waals surface area contributed by atoms with E-state index in [1.54, 1.807) is 0 Å². The third kappa shape index (κ3) is 2.97. The van der Waals surface area contributed by atoms with E-state index in [0.717, 1.165) is 41.9 Å². The summed E-state index contributed by atoms with van der Waals surface area (Å²) in [5, 5.41) is 10.8. The molecule has 24 heavy (non-hydrogen) atoms. The van der Waals surface area contributed by atoms with Gasteiger partial charge in [0.15, 0.2) is 0 Å². The maximum Gasteiger partial charge on any atom is 0.226 e. The van der Waals surface area contributed by atoms with Gasteiger partial charge in [-0.25, -0.2) is 0 Å². The van der Waals surface area contributed by atoms with Crippen molar-refractivity contribution in [2.45, 2.75) is 25.8 Å². The van der Waals surface area contributed by atoms with Crippen LogP contribution in [-0.4, -0.2) is 22.2 Å². The molecule has 1 aromatic heterocycles. The first-order valence-corrected chi connectivity index (χ1v) is 8.34. The number of fused-ring (bicyclic) bond motifs is 1. The largest absolute Gasteiger partial charge is 0.382 e. The predicted octanol–water partition coefficient (Wildman–Crippen LogP) is 3.58. The summed E-state index contributed by atoms with van der Waals surface area (Å²) in [6, 6.07) is 5.96. The Labute approximate surface area is 141 Å². The number of allylic oxidation sites excluding steroid dienone is 4. The Hall–Kier alpha value is -2.82. The van der Waals surface area contributed by atoms with Gasteiger partial charge >= 0.3 is 0 Å². The van der Waals surface area contributed by atoms with Crippen LogP contribution >= 0.6 is 0 Å². The lowest BCUT2D eigenvalue weighted by atomic mass is 10.0. The number of carbonyl (C=O) groups excluding carboxylic acids is 1. The molecule has 0 fully saturated rings. The van der Waals surface area contributed by atoms with Crippen molar-refractivity contribution in [3.63, 3.8) is 0 Å². The van der Waals surface area contributed by atoms with Gasteiger partial charge in [-0.3, -0.25) is 9.48 Å². The minimum absolute atomic E-state index is 0.0476. The highest BCUT2D eigenvalue weighted by atomic mass is 16.1. The standard InChI is InChI=1S/C19H20N4O/c24-18-9-10-20-19-16(7-4-8-17(19)22-18)15-11-21-23(13-15)12-14-5-2-1-3-6-14/h1-2,4-5,7-8,11,13,20H,3,6,9-10,12H2,(H,22,24). The van der Waals surface area contributed by atoms with Crippen molar-refractivity contribution in [2.75, 3.05) is 17.2 Å². The number of nitrogens with zero attached hydrogens (tertiary/aromatic N) is 2. The van der Waals surface area contributed by atoms with Crippen LogP contribution in [0.5, 0.6) is 0 Å². The van der Waals surface area contributed by atoms with E-state index < -0.39 is 0 Å². The molecule has 0 saturated carbocycles. The van der Waals surface area contributed by atoms with Gasteiger partial charge in [0.1, 0.15) is 0 Å². The summed E-state index contributed by atoms with van der Waals surface area (Å²) in [6.07, 6.45) is 13.1. The van der Waals surface area contributed by atoms with Crippen LogP contribution in [0.15, 0.2) is 54.4 Å². The van der Waals surface area contributed by atoms with Crippen molar-refractivity contribution in [1.82, 2.24) is 9.78 Å². The zero-order valence-electron chi connectivity index (χ0n) is 13.5. The van der Waals surface area contributed by atoms with Crippen LogP contribution in [-0.2, 0) is 11.3 Å². The van der Waals surface area contributed by atoms with E-state index in [1.807, 2.05) is 23.0 Å². The van der Waals surface area contributed by atoms with Gasteiger partial charge in [0.05, 0.1) is 24.1 Å². The summed E-state index contributed by atoms with van der Waals surface area (Å²) < 4.78 is 1.98. The lowest BCUT2D eigenvalue weighted by Crippen LogP contribution is -2.10. The van der Waals surface area contributed by atoms with Crippen molar-refractivity contribution in [2.24, 2.45) is 0 Å². The van der Waals surface area contributed by atoms with Crippen molar-refractivity contribution in [3.8, 4) is 11.1 Å². The first-order valence-electron chi connectivity index (χ1n) is 8.34. The molecule has 0 radical (unpaired) electrons. The maximum absolute atomic E-state index is 11.7. The molecule has 0 saturated heterocycles. The zero-order chi connectivity index (χ0) is 16.4. The summed E-state index contributed by atoms with van der Waals surface area (Å²) in [6.45, 7) is 1.47. The molecular weight excluding hydrogens is 300 g/mol. The van der Waals surface area contributed by atoms with Crippen LogP contribution in [0, 0.1) is 0 Å². The van der Waals surface area contributed by atoms with Gasteiger partial charge in [-0.1, -0.05) is 30.4 Å². The van der Waals surface area contributed by atoms with Crippen LogP contribution in [0.1, 0.15) is 19.3 Å². The minimum Gasteiger partial charge on any atom is -0.382 e. The monoisotopic (exact) mass is 320 g/mol. The van der Waals surface area contributed by atoms with E-state index in [2.05, 4.69) is 46.2 Å². The molecule has 2 N–H and O–H groups in total. The summed E-state index contributed by atoms with van der Waals surface area (Å²) >= 11 is 0. The van der Waals surface area contributed by atoms with Crippen molar-refractivity contribution < 1.29 is 4.79 Å². The molecule has 0 bridgehead atoms. The third-order valence-electron chi connectivity index (χ3n) is 4.40. The maximum atomic E-state index is 11.7. The number of anilines is 2. The van der Waals surface area contributed by atoms with Crippen molar-refractivity contribution in [1.29, 1.82) is 0 Å². The molecule has 0 unspecified atom stereocenters. The highest BCUT2D eigenvalue weighted by Crippen LogP contribution is 2.35. The van der Waals surface area contributed by atoms with Gasteiger partial charge in [0.25, 0.3) is 0 Å². The Morgan fingerprint density at radius 1 is 1.25 bits per heavy atom. The van der Waals surface area contributed by atoms with Crippen molar-refractivity contribution in [3.05, 3.63) is 54.4 Å². The first kappa shape index (κ1) is 14.8. The summed E-state index contributed by atoms with van der Waals surface area (Å²) in [7, 11) is 0. The highest BCUT2D eigenvalue weighted by molar-refractivity contribution is 5.99. The normalized spacial score (nSPS) is 16.7. The zero-order valence-corrected chi connectivity index (χ0v) is 13.5. The summed E-state index contributed by atoms with van der Waals surface area (Å²) in [4.78, 5) is 11.7. The number of carbonyl (C=O) groups is 1.